The van der Waals surface area contributed by atoms with Gasteiger partial charge < -0.3 is 4.52 Å². The van der Waals surface area contributed by atoms with Crippen LogP contribution < -0.4 is 0 Å². The molecule has 0 spiro atoms. The second-order valence-electron chi connectivity index (χ2n) is 6.25. The van der Waals surface area contributed by atoms with Gasteiger partial charge in [0.15, 0.2) is 0 Å². The van der Waals surface area contributed by atoms with Crippen molar-refractivity contribution in [1.82, 2.24) is 15.0 Å². The van der Waals surface area contributed by atoms with Crippen LogP contribution in [0.15, 0.2) is 22.7 Å². The van der Waals surface area contributed by atoms with Gasteiger partial charge in [0.25, 0.3) is 0 Å². The van der Waals surface area contributed by atoms with Crippen molar-refractivity contribution in [3.63, 3.8) is 0 Å². The monoisotopic (exact) mass is 285 g/mol. The summed E-state index contributed by atoms with van der Waals surface area (Å²) < 4.78 is 5.24. The third kappa shape index (κ3) is 3.01. The zero-order valence-corrected chi connectivity index (χ0v) is 13.3. The van der Waals surface area contributed by atoms with Crippen molar-refractivity contribution in [1.29, 1.82) is 0 Å². The standard InChI is InChI=1S/C17H23N3O/c1-12-17(13(2)21-18-12)11-19(3)8-14-5-6-15-9-20(4)10-16(15)7-14/h5-7H,8-11H2,1-4H3. The normalized spacial score (nSPS) is 14.9. The average molecular weight is 285 g/mol. The number of rotatable bonds is 4. The Morgan fingerprint density at radius 3 is 2.67 bits per heavy atom. The van der Waals surface area contributed by atoms with Crippen LogP contribution in [0.5, 0.6) is 0 Å². The Balaban J connectivity index is 1.68. The summed E-state index contributed by atoms with van der Waals surface area (Å²) in [6, 6.07) is 6.88. The molecule has 4 nitrogen and oxygen atoms in total. The molecule has 0 N–H and O–H groups in total. The molecule has 3 rings (SSSR count). The predicted molar refractivity (Wildman–Crippen MR) is 82.8 cm³/mol. The molecule has 1 aliphatic heterocycles. The molecule has 112 valence electrons. The molecule has 1 aromatic carbocycles. The molecular weight excluding hydrogens is 262 g/mol. The average Bonchev–Trinajstić information content (AvgIpc) is 2.94. The van der Waals surface area contributed by atoms with Gasteiger partial charge in [-0.1, -0.05) is 23.4 Å². The van der Waals surface area contributed by atoms with Gasteiger partial charge >= 0.3 is 0 Å². The van der Waals surface area contributed by atoms with Crippen LogP contribution in [0.4, 0.5) is 0 Å². The van der Waals surface area contributed by atoms with Crippen LogP contribution in [0, 0.1) is 13.8 Å². The first kappa shape index (κ1) is 14.3. The summed E-state index contributed by atoms with van der Waals surface area (Å²) in [4.78, 5) is 4.66. The molecule has 0 radical (unpaired) electrons. The van der Waals surface area contributed by atoms with E-state index in [1.807, 2.05) is 13.8 Å². The second-order valence-corrected chi connectivity index (χ2v) is 6.25. The van der Waals surface area contributed by atoms with Gasteiger partial charge in [0.05, 0.1) is 5.69 Å². The highest BCUT2D eigenvalue weighted by atomic mass is 16.5. The lowest BCUT2D eigenvalue weighted by atomic mass is 10.1. The fourth-order valence-corrected chi connectivity index (χ4v) is 3.08. The number of fused-ring (bicyclic) bond motifs is 1. The lowest BCUT2D eigenvalue weighted by Crippen LogP contribution is -2.18. The van der Waals surface area contributed by atoms with E-state index in [9.17, 15) is 0 Å². The van der Waals surface area contributed by atoms with E-state index in [1.165, 1.54) is 22.3 Å². The largest absolute Gasteiger partial charge is 0.361 e. The van der Waals surface area contributed by atoms with Gasteiger partial charge in [0, 0.05) is 31.7 Å². The number of hydrogen-bond donors (Lipinski definition) is 0. The summed E-state index contributed by atoms with van der Waals surface area (Å²) in [5, 5.41) is 4.02. The molecule has 0 aliphatic carbocycles. The fourth-order valence-electron chi connectivity index (χ4n) is 3.08. The van der Waals surface area contributed by atoms with E-state index >= 15 is 0 Å². The maximum absolute atomic E-state index is 5.24. The SMILES string of the molecule is Cc1noc(C)c1CN(C)Cc1ccc2c(c1)CN(C)C2. The van der Waals surface area contributed by atoms with Gasteiger partial charge in [-0.15, -0.1) is 0 Å². The smallest absolute Gasteiger partial charge is 0.138 e. The first-order chi connectivity index (χ1) is 10.0. The van der Waals surface area contributed by atoms with E-state index in [2.05, 4.69) is 47.3 Å². The summed E-state index contributed by atoms with van der Waals surface area (Å²) in [5.41, 5.74) is 6.52. The molecule has 2 heterocycles. The maximum atomic E-state index is 5.24. The summed E-state index contributed by atoms with van der Waals surface area (Å²) in [6.45, 7) is 7.94. The Bertz CT molecular complexity index is 628. The van der Waals surface area contributed by atoms with Crippen LogP contribution in [0.1, 0.15) is 33.7 Å². The lowest BCUT2D eigenvalue weighted by Gasteiger charge is -2.17. The van der Waals surface area contributed by atoms with Crippen molar-refractivity contribution >= 4 is 0 Å². The summed E-state index contributed by atoms with van der Waals surface area (Å²) in [7, 11) is 4.31. The number of aryl methyl sites for hydroxylation is 2. The van der Waals surface area contributed by atoms with Crippen LogP contribution in [0.25, 0.3) is 0 Å². The summed E-state index contributed by atoms with van der Waals surface area (Å²) >= 11 is 0. The van der Waals surface area contributed by atoms with Gasteiger partial charge in [0.1, 0.15) is 5.76 Å². The van der Waals surface area contributed by atoms with Crippen LogP contribution in [0.2, 0.25) is 0 Å². The molecule has 0 bridgehead atoms. The lowest BCUT2D eigenvalue weighted by molar-refractivity contribution is 0.314. The molecule has 2 aromatic rings. The van der Waals surface area contributed by atoms with Crippen molar-refractivity contribution in [3.8, 4) is 0 Å². The third-order valence-corrected chi connectivity index (χ3v) is 4.21. The Hall–Kier alpha value is -1.65. The Morgan fingerprint density at radius 1 is 1.19 bits per heavy atom. The van der Waals surface area contributed by atoms with Gasteiger partial charge in [-0.3, -0.25) is 9.80 Å². The zero-order chi connectivity index (χ0) is 15.0. The third-order valence-electron chi connectivity index (χ3n) is 4.21. The van der Waals surface area contributed by atoms with Crippen LogP contribution in [0.3, 0.4) is 0 Å². The van der Waals surface area contributed by atoms with E-state index in [4.69, 9.17) is 4.52 Å². The minimum atomic E-state index is 0.873. The highest BCUT2D eigenvalue weighted by Crippen LogP contribution is 2.23. The minimum absolute atomic E-state index is 0.873. The topological polar surface area (TPSA) is 32.5 Å². The van der Waals surface area contributed by atoms with Gasteiger partial charge in [0.2, 0.25) is 0 Å². The molecule has 1 aromatic heterocycles. The Labute approximate surface area is 126 Å². The van der Waals surface area contributed by atoms with E-state index in [0.29, 0.717) is 0 Å². The molecule has 0 amide bonds. The van der Waals surface area contributed by atoms with Crippen LogP contribution in [-0.4, -0.2) is 29.1 Å². The highest BCUT2D eigenvalue weighted by Gasteiger charge is 2.16. The quantitative estimate of drug-likeness (QED) is 0.864. The molecule has 21 heavy (non-hydrogen) atoms. The second kappa shape index (κ2) is 5.62. The van der Waals surface area contributed by atoms with Crippen molar-refractivity contribution in [2.24, 2.45) is 0 Å². The fraction of sp³-hybridized carbons (Fsp3) is 0.471. The van der Waals surface area contributed by atoms with Crippen molar-refractivity contribution in [2.75, 3.05) is 14.1 Å². The van der Waals surface area contributed by atoms with E-state index in [1.54, 1.807) is 0 Å². The molecule has 0 fully saturated rings. The Kier molecular flexibility index (Phi) is 3.83. The van der Waals surface area contributed by atoms with Crippen LogP contribution in [-0.2, 0) is 26.2 Å². The van der Waals surface area contributed by atoms with Gasteiger partial charge in [-0.2, -0.15) is 0 Å². The predicted octanol–water partition coefficient (Wildman–Crippen LogP) is 2.87. The first-order valence-electron chi connectivity index (χ1n) is 7.42. The summed E-state index contributed by atoms with van der Waals surface area (Å²) in [6.07, 6.45) is 0. The van der Waals surface area contributed by atoms with Gasteiger partial charge in [-0.05, 0) is 44.6 Å². The number of benzene rings is 1. The number of nitrogens with zero attached hydrogens (tertiary/aromatic N) is 3. The van der Waals surface area contributed by atoms with Crippen molar-refractivity contribution < 1.29 is 4.52 Å². The molecule has 0 unspecified atom stereocenters. The maximum Gasteiger partial charge on any atom is 0.138 e. The van der Waals surface area contributed by atoms with Crippen molar-refractivity contribution in [2.45, 2.75) is 40.0 Å². The molecular formula is C17H23N3O. The molecule has 4 heteroatoms. The minimum Gasteiger partial charge on any atom is -0.361 e. The molecule has 0 saturated carbocycles. The van der Waals surface area contributed by atoms with Gasteiger partial charge in [-0.25, -0.2) is 0 Å². The van der Waals surface area contributed by atoms with E-state index < -0.39 is 0 Å². The zero-order valence-electron chi connectivity index (χ0n) is 13.3. The van der Waals surface area contributed by atoms with Crippen molar-refractivity contribution in [3.05, 3.63) is 51.9 Å². The van der Waals surface area contributed by atoms with E-state index in [0.717, 1.165) is 37.6 Å². The van der Waals surface area contributed by atoms with E-state index in [-0.39, 0.29) is 0 Å². The Morgan fingerprint density at radius 2 is 1.95 bits per heavy atom. The van der Waals surface area contributed by atoms with Crippen LogP contribution >= 0.6 is 0 Å². The summed E-state index contributed by atoms with van der Waals surface area (Å²) in [5.74, 6) is 0.926. The molecule has 0 saturated heterocycles. The highest BCUT2D eigenvalue weighted by molar-refractivity contribution is 5.34. The molecule has 1 aliphatic rings. The first-order valence-corrected chi connectivity index (χ1v) is 7.42. The number of hydrogen-bond acceptors (Lipinski definition) is 4. The number of aromatic nitrogens is 1. The molecule has 0 atom stereocenters.